The summed E-state index contributed by atoms with van der Waals surface area (Å²) in [6.45, 7) is 1.94. The summed E-state index contributed by atoms with van der Waals surface area (Å²) >= 11 is 0. The standard InChI is InChI=1S/C24H24N4O4/c1-4-16-7-5-8-18(11-16)28-24(30)21-9-6-10-25-23(21)27(28)15-22(29)26-17-12-19(31-2)14-20(13-17)32-3/h5-14H,4,15H2,1-3H3,(H,26,29). The summed E-state index contributed by atoms with van der Waals surface area (Å²) in [4.78, 5) is 30.5. The first kappa shape index (κ1) is 21.2. The van der Waals surface area contributed by atoms with E-state index < -0.39 is 0 Å². The van der Waals surface area contributed by atoms with Crippen LogP contribution in [0.3, 0.4) is 0 Å². The van der Waals surface area contributed by atoms with Gasteiger partial charge in [-0.1, -0.05) is 19.1 Å². The van der Waals surface area contributed by atoms with Crippen molar-refractivity contribution in [2.24, 2.45) is 0 Å². The smallest absolute Gasteiger partial charge is 0.280 e. The number of pyridine rings is 1. The van der Waals surface area contributed by atoms with Crippen molar-refractivity contribution in [3.05, 3.63) is 76.7 Å². The summed E-state index contributed by atoms with van der Waals surface area (Å²) < 4.78 is 13.6. The lowest BCUT2D eigenvalue weighted by Crippen LogP contribution is -2.27. The fraction of sp³-hybridized carbons (Fsp3) is 0.208. The molecule has 0 radical (unpaired) electrons. The molecule has 0 spiro atoms. The molecule has 0 saturated carbocycles. The Labute approximate surface area is 185 Å². The Bertz CT molecular complexity index is 1320. The van der Waals surface area contributed by atoms with Gasteiger partial charge in [0.25, 0.3) is 5.56 Å². The largest absolute Gasteiger partial charge is 0.497 e. The highest BCUT2D eigenvalue weighted by molar-refractivity contribution is 5.92. The van der Waals surface area contributed by atoms with Crippen LogP contribution in [0.25, 0.3) is 16.7 Å². The third kappa shape index (κ3) is 4.07. The van der Waals surface area contributed by atoms with Crippen LogP contribution in [0.4, 0.5) is 5.69 Å². The van der Waals surface area contributed by atoms with Gasteiger partial charge < -0.3 is 14.8 Å². The zero-order valence-electron chi connectivity index (χ0n) is 18.2. The molecule has 0 aliphatic heterocycles. The number of aryl methyl sites for hydroxylation is 1. The number of benzene rings is 2. The van der Waals surface area contributed by atoms with Crippen LogP contribution in [0.2, 0.25) is 0 Å². The third-order valence-corrected chi connectivity index (χ3v) is 5.19. The Morgan fingerprint density at radius 3 is 2.47 bits per heavy atom. The van der Waals surface area contributed by atoms with Crippen molar-refractivity contribution in [1.82, 2.24) is 14.3 Å². The van der Waals surface area contributed by atoms with E-state index in [0.29, 0.717) is 33.9 Å². The molecule has 32 heavy (non-hydrogen) atoms. The number of aromatic nitrogens is 3. The number of amides is 1. The second-order valence-electron chi connectivity index (χ2n) is 7.22. The fourth-order valence-electron chi connectivity index (χ4n) is 3.61. The highest BCUT2D eigenvalue weighted by atomic mass is 16.5. The first-order valence-electron chi connectivity index (χ1n) is 10.2. The number of rotatable bonds is 7. The number of fused-ring (bicyclic) bond motifs is 1. The molecule has 1 N–H and O–H groups in total. The number of anilines is 1. The van der Waals surface area contributed by atoms with Crippen molar-refractivity contribution in [2.45, 2.75) is 19.9 Å². The number of hydrogen-bond donors (Lipinski definition) is 1. The number of methoxy groups -OCH3 is 2. The van der Waals surface area contributed by atoms with Gasteiger partial charge in [0.1, 0.15) is 18.0 Å². The molecule has 4 rings (SSSR count). The Morgan fingerprint density at radius 2 is 1.78 bits per heavy atom. The fourth-order valence-corrected chi connectivity index (χ4v) is 3.61. The molecule has 0 aliphatic rings. The quantitative estimate of drug-likeness (QED) is 0.484. The number of nitrogens with one attached hydrogen (secondary N) is 1. The summed E-state index contributed by atoms with van der Waals surface area (Å²) in [6, 6.07) is 16.2. The highest BCUT2D eigenvalue weighted by Crippen LogP contribution is 2.26. The predicted octanol–water partition coefficient (Wildman–Crippen LogP) is 3.41. The molecule has 4 aromatic rings. The van der Waals surface area contributed by atoms with E-state index in [1.54, 1.807) is 55.4 Å². The molecule has 8 heteroatoms. The van der Waals surface area contributed by atoms with Crippen LogP contribution in [0, 0.1) is 0 Å². The first-order chi connectivity index (χ1) is 15.5. The SMILES string of the molecule is CCc1cccc(-n2c(=O)c3cccnc3n2CC(=O)Nc2cc(OC)cc(OC)c2)c1. The minimum absolute atomic E-state index is 0.106. The number of carbonyl (C=O) groups is 1. The summed E-state index contributed by atoms with van der Waals surface area (Å²) in [6.07, 6.45) is 2.44. The molecule has 0 fully saturated rings. The molecular formula is C24H24N4O4. The molecule has 0 aliphatic carbocycles. The lowest BCUT2D eigenvalue weighted by atomic mass is 10.1. The normalized spacial score (nSPS) is 10.8. The van der Waals surface area contributed by atoms with Gasteiger partial charge in [-0.05, 0) is 36.2 Å². The van der Waals surface area contributed by atoms with E-state index in [-0.39, 0.29) is 18.0 Å². The van der Waals surface area contributed by atoms with E-state index in [0.717, 1.165) is 12.0 Å². The maximum absolute atomic E-state index is 13.2. The molecule has 2 heterocycles. The summed E-state index contributed by atoms with van der Waals surface area (Å²) in [7, 11) is 3.09. The molecular weight excluding hydrogens is 408 g/mol. The van der Waals surface area contributed by atoms with E-state index in [1.807, 2.05) is 24.3 Å². The third-order valence-electron chi connectivity index (χ3n) is 5.19. The minimum atomic E-state index is -0.316. The van der Waals surface area contributed by atoms with Crippen molar-refractivity contribution in [3.63, 3.8) is 0 Å². The van der Waals surface area contributed by atoms with Crippen molar-refractivity contribution >= 4 is 22.6 Å². The van der Waals surface area contributed by atoms with Crippen LogP contribution >= 0.6 is 0 Å². The van der Waals surface area contributed by atoms with Gasteiger partial charge in [0.15, 0.2) is 5.65 Å². The Balaban J connectivity index is 1.74. The van der Waals surface area contributed by atoms with E-state index in [1.165, 1.54) is 4.68 Å². The van der Waals surface area contributed by atoms with Crippen LogP contribution in [0.1, 0.15) is 12.5 Å². The van der Waals surface area contributed by atoms with Crippen LogP contribution in [0.5, 0.6) is 11.5 Å². The monoisotopic (exact) mass is 432 g/mol. The van der Waals surface area contributed by atoms with Crippen molar-refractivity contribution in [1.29, 1.82) is 0 Å². The topological polar surface area (TPSA) is 87.4 Å². The van der Waals surface area contributed by atoms with Gasteiger partial charge in [0.05, 0.1) is 25.3 Å². The van der Waals surface area contributed by atoms with E-state index in [9.17, 15) is 9.59 Å². The zero-order valence-corrected chi connectivity index (χ0v) is 18.2. The Hall–Kier alpha value is -4.07. The van der Waals surface area contributed by atoms with Gasteiger partial charge in [-0.15, -0.1) is 0 Å². The molecule has 164 valence electrons. The lowest BCUT2D eigenvalue weighted by molar-refractivity contribution is -0.116. The molecule has 1 amide bonds. The van der Waals surface area contributed by atoms with Gasteiger partial charge in [-0.3, -0.25) is 14.3 Å². The molecule has 0 atom stereocenters. The molecule has 0 saturated heterocycles. The van der Waals surface area contributed by atoms with E-state index in [4.69, 9.17) is 9.47 Å². The summed E-state index contributed by atoms with van der Waals surface area (Å²) in [5, 5.41) is 3.30. The molecule has 0 unspecified atom stereocenters. The van der Waals surface area contributed by atoms with Crippen LogP contribution in [-0.4, -0.2) is 34.5 Å². The Kier molecular flexibility index (Phi) is 5.93. The number of hydrogen-bond acceptors (Lipinski definition) is 5. The van der Waals surface area contributed by atoms with Gasteiger partial charge in [0, 0.05) is 30.1 Å². The maximum Gasteiger partial charge on any atom is 0.280 e. The van der Waals surface area contributed by atoms with Crippen molar-refractivity contribution in [3.8, 4) is 17.2 Å². The van der Waals surface area contributed by atoms with E-state index in [2.05, 4.69) is 17.2 Å². The molecule has 2 aromatic heterocycles. The minimum Gasteiger partial charge on any atom is -0.497 e. The summed E-state index contributed by atoms with van der Waals surface area (Å²) in [5.41, 5.74) is 2.52. The average molecular weight is 432 g/mol. The second-order valence-corrected chi connectivity index (χ2v) is 7.22. The Morgan fingerprint density at radius 1 is 1.03 bits per heavy atom. The van der Waals surface area contributed by atoms with Crippen LogP contribution < -0.4 is 20.3 Å². The highest BCUT2D eigenvalue weighted by Gasteiger charge is 2.18. The zero-order chi connectivity index (χ0) is 22.7. The van der Waals surface area contributed by atoms with E-state index >= 15 is 0 Å². The van der Waals surface area contributed by atoms with Gasteiger partial charge in [-0.2, -0.15) is 0 Å². The van der Waals surface area contributed by atoms with Crippen molar-refractivity contribution < 1.29 is 14.3 Å². The van der Waals surface area contributed by atoms with Gasteiger partial charge in [0.2, 0.25) is 5.91 Å². The van der Waals surface area contributed by atoms with Gasteiger partial charge >= 0.3 is 0 Å². The number of carbonyl (C=O) groups excluding carboxylic acids is 1. The lowest BCUT2D eigenvalue weighted by Gasteiger charge is -2.14. The van der Waals surface area contributed by atoms with Crippen LogP contribution in [0.15, 0.2) is 65.6 Å². The van der Waals surface area contributed by atoms with Crippen molar-refractivity contribution in [2.75, 3.05) is 19.5 Å². The number of nitrogens with zero attached hydrogens (tertiary/aromatic N) is 3. The molecule has 0 bridgehead atoms. The molecule has 8 nitrogen and oxygen atoms in total. The average Bonchev–Trinajstić information content (AvgIpc) is 3.10. The maximum atomic E-state index is 13.2. The van der Waals surface area contributed by atoms with Gasteiger partial charge in [-0.25, -0.2) is 9.67 Å². The summed E-state index contributed by atoms with van der Waals surface area (Å²) in [5.74, 6) is 0.797. The number of ether oxygens (including phenoxy) is 2. The second kappa shape index (κ2) is 8.97. The first-order valence-corrected chi connectivity index (χ1v) is 10.2. The predicted molar refractivity (Wildman–Crippen MR) is 123 cm³/mol. The molecule has 2 aromatic carbocycles. The van der Waals surface area contributed by atoms with Crippen LogP contribution in [-0.2, 0) is 17.8 Å².